The second-order valence-electron chi connectivity index (χ2n) is 6.02. The van der Waals surface area contributed by atoms with Crippen LogP contribution in [0.2, 0.25) is 0 Å². The summed E-state index contributed by atoms with van der Waals surface area (Å²) < 4.78 is 16.0. The van der Waals surface area contributed by atoms with Crippen molar-refractivity contribution in [3.8, 4) is 11.5 Å². The van der Waals surface area contributed by atoms with Crippen LogP contribution in [0.25, 0.3) is 6.08 Å². The molecule has 9 nitrogen and oxygen atoms in total. The highest BCUT2D eigenvalue weighted by atomic mass is 16.5. The third-order valence-corrected chi connectivity index (χ3v) is 4.05. The van der Waals surface area contributed by atoms with E-state index in [0.717, 1.165) is 0 Å². The molecule has 0 aliphatic carbocycles. The van der Waals surface area contributed by atoms with Gasteiger partial charge in [-0.3, -0.25) is 20.2 Å². The van der Waals surface area contributed by atoms with E-state index in [4.69, 9.17) is 14.2 Å². The van der Waals surface area contributed by atoms with E-state index in [0.29, 0.717) is 22.6 Å². The number of amides is 4. The summed E-state index contributed by atoms with van der Waals surface area (Å²) in [6, 6.07) is 12.6. The number of benzene rings is 2. The van der Waals surface area contributed by atoms with E-state index in [9.17, 15) is 19.2 Å². The van der Waals surface area contributed by atoms with Gasteiger partial charge in [0.2, 0.25) is 0 Å². The normalized spacial score (nSPS) is 13.2. The van der Waals surface area contributed by atoms with Gasteiger partial charge in [0, 0.05) is 5.56 Å². The Labute approximate surface area is 171 Å². The SMILES string of the molecule is COC(=O)c1ccccc1OCCOc1ccccc1C=C1C(=O)NC(=O)NC1=O. The van der Waals surface area contributed by atoms with E-state index < -0.39 is 23.8 Å². The lowest BCUT2D eigenvalue weighted by atomic mass is 10.1. The van der Waals surface area contributed by atoms with Gasteiger partial charge in [-0.05, 0) is 24.3 Å². The van der Waals surface area contributed by atoms with Crippen molar-refractivity contribution in [2.24, 2.45) is 0 Å². The van der Waals surface area contributed by atoms with Crippen molar-refractivity contribution in [3.05, 3.63) is 65.2 Å². The number of carbonyl (C=O) groups excluding carboxylic acids is 4. The van der Waals surface area contributed by atoms with Gasteiger partial charge in [-0.2, -0.15) is 0 Å². The van der Waals surface area contributed by atoms with Crippen LogP contribution < -0.4 is 20.1 Å². The Hall–Kier alpha value is -4.14. The molecule has 2 N–H and O–H groups in total. The molecule has 0 unspecified atom stereocenters. The Morgan fingerprint density at radius 1 is 0.867 bits per heavy atom. The minimum Gasteiger partial charge on any atom is -0.489 e. The highest BCUT2D eigenvalue weighted by molar-refractivity contribution is 6.31. The number of para-hydroxylation sites is 2. The molecule has 0 radical (unpaired) electrons. The Morgan fingerprint density at radius 2 is 1.43 bits per heavy atom. The van der Waals surface area contributed by atoms with Crippen LogP contribution in [0.4, 0.5) is 4.79 Å². The van der Waals surface area contributed by atoms with Crippen molar-refractivity contribution >= 4 is 29.9 Å². The molecule has 1 saturated heterocycles. The zero-order chi connectivity index (χ0) is 21.5. The fourth-order valence-corrected chi connectivity index (χ4v) is 2.67. The van der Waals surface area contributed by atoms with E-state index in [1.165, 1.54) is 13.2 Å². The van der Waals surface area contributed by atoms with E-state index in [1.807, 2.05) is 10.6 Å². The molecule has 2 aromatic rings. The Kier molecular flexibility index (Phi) is 6.43. The lowest BCUT2D eigenvalue weighted by Gasteiger charge is -2.15. The second-order valence-corrected chi connectivity index (χ2v) is 6.02. The topological polar surface area (TPSA) is 120 Å². The third-order valence-electron chi connectivity index (χ3n) is 4.05. The molecule has 0 spiro atoms. The average molecular weight is 410 g/mol. The first-order valence-corrected chi connectivity index (χ1v) is 8.90. The van der Waals surface area contributed by atoms with E-state index >= 15 is 0 Å². The van der Waals surface area contributed by atoms with Gasteiger partial charge < -0.3 is 14.2 Å². The van der Waals surface area contributed by atoms with Gasteiger partial charge in [0.05, 0.1) is 7.11 Å². The fourth-order valence-electron chi connectivity index (χ4n) is 2.67. The number of barbiturate groups is 1. The number of nitrogens with one attached hydrogen (secondary N) is 2. The number of ether oxygens (including phenoxy) is 3. The molecule has 154 valence electrons. The number of esters is 1. The van der Waals surface area contributed by atoms with Gasteiger partial charge in [0.25, 0.3) is 11.8 Å². The molecule has 0 bridgehead atoms. The van der Waals surface area contributed by atoms with Crippen molar-refractivity contribution in [2.75, 3.05) is 20.3 Å². The second kappa shape index (κ2) is 9.37. The van der Waals surface area contributed by atoms with Crippen LogP contribution in [0.3, 0.4) is 0 Å². The smallest absolute Gasteiger partial charge is 0.341 e. The summed E-state index contributed by atoms with van der Waals surface area (Å²) >= 11 is 0. The summed E-state index contributed by atoms with van der Waals surface area (Å²) in [6.45, 7) is 0.265. The largest absolute Gasteiger partial charge is 0.489 e. The van der Waals surface area contributed by atoms with E-state index in [2.05, 4.69) is 0 Å². The Bertz CT molecular complexity index is 1010. The van der Waals surface area contributed by atoms with E-state index in [-0.39, 0.29) is 18.8 Å². The zero-order valence-corrected chi connectivity index (χ0v) is 16.0. The van der Waals surface area contributed by atoms with Crippen LogP contribution in [-0.4, -0.2) is 44.1 Å². The first kappa shape index (κ1) is 20.6. The zero-order valence-electron chi connectivity index (χ0n) is 16.0. The molecule has 30 heavy (non-hydrogen) atoms. The number of imide groups is 2. The summed E-state index contributed by atoms with van der Waals surface area (Å²) in [6.07, 6.45) is 1.33. The van der Waals surface area contributed by atoms with Crippen LogP contribution in [0.5, 0.6) is 11.5 Å². The van der Waals surface area contributed by atoms with Gasteiger partial charge >= 0.3 is 12.0 Å². The van der Waals surface area contributed by atoms with Crippen molar-refractivity contribution in [2.45, 2.75) is 0 Å². The number of hydrogen-bond donors (Lipinski definition) is 2. The molecule has 4 amide bonds. The third kappa shape index (κ3) is 4.82. The summed E-state index contributed by atoms with van der Waals surface area (Å²) in [5.41, 5.74) is 0.560. The average Bonchev–Trinajstić information content (AvgIpc) is 2.74. The molecule has 3 rings (SSSR count). The Morgan fingerprint density at radius 3 is 2.10 bits per heavy atom. The van der Waals surface area contributed by atoms with Crippen molar-refractivity contribution in [1.82, 2.24) is 10.6 Å². The number of hydrogen-bond acceptors (Lipinski definition) is 7. The van der Waals surface area contributed by atoms with Crippen LogP contribution >= 0.6 is 0 Å². The number of urea groups is 1. The maximum atomic E-state index is 11.9. The van der Waals surface area contributed by atoms with Gasteiger partial charge in [-0.15, -0.1) is 0 Å². The van der Waals surface area contributed by atoms with Crippen molar-refractivity contribution in [3.63, 3.8) is 0 Å². The molecule has 0 saturated carbocycles. The molecule has 1 aliphatic heterocycles. The predicted molar refractivity (Wildman–Crippen MR) is 105 cm³/mol. The molecular formula is C21H18N2O7. The maximum Gasteiger partial charge on any atom is 0.341 e. The highest BCUT2D eigenvalue weighted by Gasteiger charge is 2.28. The summed E-state index contributed by atoms with van der Waals surface area (Å²) in [7, 11) is 1.29. The van der Waals surface area contributed by atoms with Crippen LogP contribution in [-0.2, 0) is 14.3 Å². The van der Waals surface area contributed by atoms with Crippen molar-refractivity contribution < 1.29 is 33.4 Å². The molecule has 9 heteroatoms. The molecule has 1 fully saturated rings. The van der Waals surface area contributed by atoms with Crippen LogP contribution in [0, 0.1) is 0 Å². The van der Waals surface area contributed by atoms with Gasteiger partial charge in [-0.1, -0.05) is 30.3 Å². The minimum atomic E-state index is -0.865. The monoisotopic (exact) mass is 410 g/mol. The lowest BCUT2D eigenvalue weighted by Crippen LogP contribution is -2.51. The number of rotatable bonds is 7. The lowest BCUT2D eigenvalue weighted by molar-refractivity contribution is -0.123. The molecule has 0 aromatic heterocycles. The van der Waals surface area contributed by atoms with Gasteiger partial charge in [0.1, 0.15) is 35.8 Å². The summed E-state index contributed by atoms with van der Waals surface area (Å²) in [5.74, 6) is -1.32. The standard InChI is InChI=1S/C21H18N2O7/c1-28-20(26)14-7-3-5-9-17(14)30-11-10-29-16-8-4-2-6-13(16)12-15-18(24)22-21(27)23-19(15)25/h2-9,12H,10-11H2,1H3,(H2,22,23,24,25,27). The molecule has 2 aromatic carbocycles. The number of carbonyl (C=O) groups is 4. The fraction of sp³-hybridized carbons (Fsp3) is 0.143. The van der Waals surface area contributed by atoms with Crippen LogP contribution in [0.1, 0.15) is 15.9 Å². The summed E-state index contributed by atoms with van der Waals surface area (Å²) in [5, 5.41) is 4.02. The molecule has 0 atom stereocenters. The maximum absolute atomic E-state index is 11.9. The predicted octanol–water partition coefficient (Wildman–Crippen LogP) is 1.68. The highest BCUT2D eigenvalue weighted by Crippen LogP contribution is 2.22. The van der Waals surface area contributed by atoms with E-state index in [1.54, 1.807) is 48.5 Å². The quantitative estimate of drug-likeness (QED) is 0.308. The minimum absolute atomic E-state index is 0.132. The van der Waals surface area contributed by atoms with Crippen LogP contribution in [0.15, 0.2) is 54.1 Å². The first-order valence-electron chi connectivity index (χ1n) is 8.90. The summed E-state index contributed by atoms with van der Waals surface area (Å²) in [4.78, 5) is 46.7. The molecule has 1 heterocycles. The molecule has 1 aliphatic rings. The van der Waals surface area contributed by atoms with Gasteiger partial charge in [0.15, 0.2) is 0 Å². The van der Waals surface area contributed by atoms with Gasteiger partial charge in [-0.25, -0.2) is 9.59 Å². The van der Waals surface area contributed by atoms with Crippen molar-refractivity contribution in [1.29, 1.82) is 0 Å². The molecular weight excluding hydrogens is 392 g/mol. The Balaban J connectivity index is 1.66. The first-order chi connectivity index (χ1) is 14.5. The number of methoxy groups -OCH3 is 1.